The molecule has 1 aromatic heterocycles. The van der Waals surface area contributed by atoms with Crippen molar-refractivity contribution in [2.45, 2.75) is 31.8 Å². The lowest BCUT2D eigenvalue weighted by Crippen LogP contribution is -2.14. The largest absolute Gasteiger partial charge is 0.473 e. The molecular weight excluding hydrogens is 305 g/mol. The van der Waals surface area contributed by atoms with E-state index in [4.69, 9.17) is 10.00 Å². The van der Waals surface area contributed by atoms with E-state index in [2.05, 4.69) is 10.3 Å². The highest BCUT2D eigenvalue weighted by Gasteiger charge is 2.16. The monoisotopic (exact) mass is 325 g/mol. The number of benzene rings is 1. The van der Waals surface area contributed by atoms with E-state index in [9.17, 15) is 4.39 Å². The van der Waals surface area contributed by atoms with Gasteiger partial charge in [-0.05, 0) is 50.6 Å². The van der Waals surface area contributed by atoms with E-state index in [-0.39, 0.29) is 6.61 Å². The summed E-state index contributed by atoms with van der Waals surface area (Å²) in [6.45, 7) is 2.17. The van der Waals surface area contributed by atoms with Crippen LogP contribution in [0, 0.1) is 17.1 Å². The van der Waals surface area contributed by atoms with Crippen molar-refractivity contribution >= 4 is 0 Å². The van der Waals surface area contributed by atoms with E-state index in [0.29, 0.717) is 22.9 Å². The zero-order valence-corrected chi connectivity index (χ0v) is 13.5. The van der Waals surface area contributed by atoms with E-state index >= 15 is 0 Å². The summed E-state index contributed by atoms with van der Waals surface area (Å²) >= 11 is 0. The van der Waals surface area contributed by atoms with Crippen molar-refractivity contribution in [2.75, 3.05) is 13.1 Å². The summed E-state index contributed by atoms with van der Waals surface area (Å²) in [7, 11) is 0. The zero-order valence-electron chi connectivity index (χ0n) is 13.5. The van der Waals surface area contributed by atoms with Crippen LogP contribution in [-0.2, 0) is 6.61 Å². The van der Waals surface area contributed by atoms with Gasteiger partial charge in [0.05, 0.1) is 11.6 Å². The molecule has 124 valence electrons. The molecule has 3 rings (SSSR count). The van der Waals surface area contributed by atoms with Gasteiger partial charge in [0, 0.05) is 23.2 Å². The minimum Gasteiger partial charge on any atom is -0.473 e. The lowest BCUT2D eigenvalue weighted by Gasteiger charge is -2.14. The standard InChI is InChI=1S/C19H20FN3O/c20-17-11-14(12-21)6-7-16(17)13-24-19-5-1-4-18(23-19)15-3-2-9-22-10-8-15/h1,4-7,11,15,22H,2-3,8-10,13H2. The average Bonchev–Trinajstić information content (AvgIpc) is 2.90. The van der Waals surface area contributed by atoms with Crippen LogP contribution in [0.1, 0.15) is 42.0 Å². The van der Waals surface area contributed by atoms with Crippen LogP contribution < -0.4 is 10.1 Å². The second-order valence-corrected chi connectivity index (χ2v) is 5.99. The number of rotatable bonds is 4. The fraction of sp³-hybridized carbons (Fsp3) is 0.368. The Morgan fingerprint density at radius 3 is 3.00 bits per heavy atom. The summed E-state index contributed by atoms with van der Waals surface area (Å²) < 4.78 is 19.6. The molecule has 2 aromatic rings. The molecular formula is C19H20FN3O. The molecule has 1 N–H and O–H groups in total. The number of nitrogens with zero attached hydrogens (tertiary/aromatic N) is 2. The molecule has 2 heterocycles. The highest BCUT2D eigenvalue weighted by Crippen LogP contribution is 2.26. The summed E-state index contributed by atoms with van der Waals surface area (Å²) in [5, 5.41) is 12.2. The van der Waals surface area contributed by atoms with Crippen LogP contribution >= 0.6 is 0 Å². The minimum atomic E-state index is -0.431. The number of aromatic nitrogens is 1. The van der Waals surface area contributed by atoms with E-state index < -0.39 is 5.82 Å². The normalized spacial score (nSPS) is 17.8. The molecule has 1 aliphatic heterocycles. The first-order valence-corrected chi connectivity index (χ1v) is 8.25. The van der Waals surface area contributed by atoms with Gasteiger partial charge in [0.25, 0.3) is 0 Å². The van der Waals surface area contributed by atoms with Crippen molar-refractivity contribution in [1.29, 1.82) is 5.26 Å². The Hall–Kier alpha value is -2.45. The summed E-state index contributed by atoms with van der Waals surface area (Å²) in [5.41, 5.74) is 1.76. The number of halogens is 1. The molecule has 1 fully saturated rings. The molecule has 5 heteroatoms. The van der Waals surface area contributed by atoms with Crippen molar-refractivity contribution in [3.05, 3.63) is 59.0 Å². The lowest BCUT2D eigenvalue weighted by atomic mass is 9.96. The fourth-order valence-electron chi connectivity index (χ4n) is 2.94. The summed E-state index contributed by atoms with van der Waals surface area (Å²) in [6, 6.07) is 12.1. The molecule has 0 aliphatic carbocycles. The van der Waals surface area contributed by atoms with Crippen molar-refractivity contribution in [2.24, 2.45) is 0 Å². The van der Waals surface area contributed by atoms with Crippen LogP contribution in [0.25, 0.3) is 0 Å². The maximum Gasteiger partial charge on any atom is 0.213 e. The second-order valence-electron chi connectivity index (χ2n) is 5.99. The SMILES string of the molecule is N#Cc1ccc(COc2cccc(C3CCCNCC3)n2)c(F)c1. The molecule has 1 aliphatic rings. The van der Waals surface area contributed by atoms with Crippen molar-refractivity contribution in [1.82, 2.24) is 10.3 Å². The van der Waals surface area contributed by atoms with Gasteiger partial charge in [-0.1, -0.05) is 12.1 Å². The van der Waals surface area contributed by atoms with E-state index in [0.717, 1.165) is 38.0 Å². The van der Waals surface area contributed by atoms with Crippen LogP contribution in [0.4, 0.5) is 4.39 Å². The van der Waals surface area contributed by atoms with Crippen molar-refractivity contribution in [3.63, 3.8) is 0 Å². The Morgan fingerprint density at radius 2 is 2.17 bits per heavy atom. The summed E-state index contributed by atoms with van der Waals surface area (Å²) in [5.74, 6) is 0.517. The number of hydrogen-bond donors (Lipinski definition) is 1. The second kappa shape index (κ2) is 7.89. The number of nitriles is 1. The molecule has 4 nitrogen and oxygen atoms in total. The summed E-state index contributed by atoms with van der Waals surface area (Å²) in [6.07, 6.45) is 3.34. The summed E-state index contributed by atoms with van der Waals surface area (Å²) in [4.78, 5) is 4.59. The number of ether oxygens (including phenoxy) is 1. The van der Waals surface area contributed by atoms with Crippen LogP contribution in [-0.4, -0.2) is 18.1 Å². The van der Waals surface area contributed by atoms with Gasteiger partial charge in [-0.2, -0.15) is 5.26 Å². The van der Waals surface area contributed by atoms with Gasteiger partial charge in [-0.15, -0.1) is 0 Å². The maximum absolute atomic E-state index is 13.9. The predicted octanol–water partition coefficient (Wildman–Crippen LogP) is 3.53. The van der Waals surface area contributed by atoms with Gasteiger partial charge in [-0.25, -0.2) is 9.37 Å². The highest BCUT2D eigenvalue weighted by molar-refractivity contribution is 5.32. The highest BCUT2D eigenvalue weighted by atomic mass is 19.1. The Labute approximate surface area is 141 Å². The third kappa shape index (κ3) is 4.09. The van der Waals surface area contributed by atoms with Gasteiger partial charge < -0.3 is 10.1 Å². The molecule has 0 bridgehead atoms. The van der Waals surface area contributed by atoms with Gasteiger partial charge >= 0.3 is 0 Å². The van der Waals surface area contributed by atoms with Crippen LogP contribution in [0.15, 0.2) is 36.4 Å². The Balaban J connectivity index is 1.67. The predicted molar refractivity (Wildman–Crippen MR) is 89.1 cm³/mol. The first kappa shape index (κ1) is 16.4. The first-order chi connectivity index (χ1) is 11.8. The van der Waals surface area contributed by atoms with Gasteiger partial charge in [-0.3, -0.25) is 0 Å². The zero-order chi connectivity index (χ0) is 16.8. The smallest absolute Gasteiger partial charge is 0.213 e. The van der Waals surface area contributed by atoms with Crippen LogP contribution in [0.3, 0.4) is 0 Å². The number of nitrogens with one attached hydrogen (secondary N) is 1. The molecule has 0 spiro atoms. The number of hydrogen-bond acceptors (Lipinski definition) is 4. The quantitative estimate of drug-likeness (QED) is 0.934. The lowest BCUT2D eigenvalue weighted by molar-refractivity contribution is 0.286. The topological polar surface area (TPSA) is 57.9 Å². The number of pyridine rings is 1. The Morgan fingerprint density at radius 1 is 1.25 bits per heavy atom. The average molecular weight is 325 g/mol. The maximum atomic E-state index is 13.9. The Bertz CT molecular complexity index is 734. The van der Waals surface area contributed by atoms with E-state index in [1.165, 1.54) is 6.07 Å². The van der Waals surface area contributed by atoms with Crippen LogP contribution in [0.5, 0.6) is 5.88 Å². The first-order valence-electron chi connectivity index (χ1n) is 8.25. The third-order valence-corrected chi connectivity index (χ3v) is 4.30. The molecule has 0 amide bonds. The molecule has 24 heavy (non-hydrogen) atoms. The molecule has 0 radical (unpaired) electrons. The molecule has 0 saturated carbocycles. The van der Waals surface area contributed by atoms with Gasteiger partial charge in [0.15, 0.2) is 0 Å². The molecule has 1 aromatic carbocycles. The van der Waals surface area contributed by atoms with E-state index in [1.807, 2.05) is 18.2 Å². The van der Waals surface area contributed by atoms with Gasteiger partial charge in [0.1, 0.15) is 12.4 Å². The molecule has 1 saturated heterocycles. The minimum absolute atomic E-state index is 0.0974. The molecule has 1 unspecified atom stereocenters. The van der Waals surface area contributed by atoms with Crippen molar-refractivity contribution < 1.29 is 9.13 Å². The van der Waals surface area contributed by atoms with Gasteiger partial charge in [0.2, 0.25) is 5.88 Å². The Kier molecular flexibility index (Phi) is 5.39. The van der Waals surface area contributed by atoms with Crippen LogP contribution in [0.2, 0.25) is 0 Å². The molecule has 1 atom stereocenters. The van der Waals surface area contributed by atoms with E-state index in [1.54, 1.807) is 18.2 Å². The third-order valence-electron chi connectivity index (χ3n) is 4.30. The fourth-order valence-corrected chi connectivity index (χ4v) is 2.94. The van der Waals surface area contributed by atoms with Crippen molar-refractivity contribution in [3.8, 4) is 11.9 Å².